The Bertz CT molecular complexity index is 1190. The number of pyridine rings is 1. The van der Waals surface area contributed by atoms with Crippen molar-refractivity contribution in [1.29, 1.82) is 0 Å². The Labute approximate surface area is 206 Å². The minimum atomic E-state index is -0.203. The number of anilines is 2. The Hall–Kier alpha value is -3.81. The standard InChI is InChI=1S/C27H32N6O2/c1-19-6-4-7-22(16-19)9-13-29-27(35)24-17-26(31-18-30-24)32-14-10-23(11-15-32)33(21(3)34)25-8-5-12-28-20(25)2/h4-8,12,16-18,23H,9-11,13-15H2,1-3H3,(H,29,35). The summed E-state index contributed by atoms with van der Waals surface area (Å²) in [4.78, 5) is 42.1. The van der Waals surface area contributed by atoms with Crippen LogP contribution in [0.4, 0.5) is 11.5 Å². The highest BCUT2D eigenvalue weighted by molar-refractivity contribution is 5.93. The average Bonchev–Trinajstić information content (AvgIpc) is 2.86. The van der Waals surface area contributed by atoms with Gasteiger partial charge in [0, 0.05) is 44.9 Å². The summed E-state index contributed by atoms with van der Waals surface area (Å²) in [5.41, 5.74) is 4.47. The van der Waals surface area contributed by atoms with Crippen molar-refractivity contribution < 1.29 is 9.59 Å². The average molecular weight is 473 g/mol. The van der Waals surface area contributed by atoms with Gasteiger partial charge in [0.25, 0.3) is 5.91 Å². The fourth-order valence-electron chi connectivity index (χ4n) is 4.63. The van der Waals surface area contributed by atoms with E-state index in [1.165, 1.54) is 17.5 Å². The molecular weight excluding hydrogens is 440 g/mol. The van der Waals surface area contributed by atoms with Crippen LogP contribution in [0.5, 0.6) is 0 Å². The number of hydrogen-bond donors (Lipinski definition) is 1. The van der Waals surface area contributed by atoms with Gasteiger partial charge in [-0.25, -0.2) is 9.97 Å². The fraction of sp³-hybridized carbons (Fsp3) is 0.370. The third-order valence-electron chi connectivity index (χ3n) is 6.40. The number of rotatable bonds is 7. The molecule has 2 aromatic heterocycles. The van der Waals surface area contributed by atoms with Crippen LogP contribution in [-0.2, 0) is 11.2 Å². The molecule has 0 unspecified atom stereocenters. The fourth-order valence-corrected chi connectivity index (χ4v) is 4.63. The zero-order valence-electron chi connectivity index (χ0n) is 20.6. The highest BCUT2D eigenvalue weighted by atomic mass is 16.2. The first-order chi connectivity index (χ1) is 16.9. The molecule has 1 saturated heterocycles. The van der Waals surface area contributed by atoms with Crippen LogP contribution >= 0.6 is 0 Å². The second kappa shape index (κ2) is 11.1. The van der Waals surface area contributed by atoms with Crippen LogP contribution in [0.1, 0.15) is 47.1 Å². The number of amides is 2. The predicted octanol–water partition coefficient (Wildman–Crippen LogP) is 3.48. The molecule has 0 bridgehead atoms. The second-order valence-corrected chi connectivity index (χ2v) is 8.97. The summed E-state index contributed by atoms with van der Waals surface area (Å²) in [6.45, 7) is 7.60. The SMILES string of the molecule is CC(=O)N(c1cccnc1C)C1CCN(c2cc(C(=O)NCCc3cccc(C)c3)ncn2)CC1. The van der Waals surface area contributed by atoms with Gasteiger partial charge < -0.3 is 15.1 Å². The van der Waals surface area contributed by atoms with Crippen molar-refractivity contribution in [2.45, 2.75) is 46.1 Å². The Morgan fingerprint density at radius 3 is 2.57 bits per heavy atom. The van der Waals surface area contributed by atoms with E-state index in [1.807, 2.05) is 30.0 Å². The molecule has 0 radical (unpaired) electrons. The van der Waals surface area contributed by atoms with Crippen LogP contribution in [-0.4, -0.2) is 52.4 Å². The van der Waals surface area contributed by atoms with Gasteiger partial charge in [0.15, 0.2) is 0 Å². The Morgan fingerprint density at radius 1 is 1.06 bits per heavy atom. The van der Waals surface area contributed by atoms with E-state index < -0.39 is 0 Å². The minimum absolute atomic E-state index is 0.0196. The molecule has 8 nitrogen and oxygen atoms in total. The van der Waals surface area contributed by atoms with Gasteiger partial charge in [-0.3, -0.25) is 14.6 Å². The van der Waals surface area contributed by atoms with Gasteiger partial charge in [-0.2, -0.15) is 0 Å². The van der Waals surface area contributed by atoms with Crippen molar-refractivity contribution in [3.8, 4) is 0 Å². The Balaban J connectivity index is 1.35. The van der Waals surface area contributed by atoms with Gasteiger partial charge in [-0.15, -0.1) is 0 Å². The van der Waals surface area contributed by atoms with Crippen LogP contribution in [0.25, 0.3) is 0 Å². The maximum atomic E-state index is 12.7. The van der Waals surface area contributed by atoms with Crippen molar-refractivity contribution in [3.05, 3.63) is 77.5 Å². The zero-order chi connectivity index (χ0) is 24.8. The lowest BCUT2D eigenvalue weighted by Gasteiger charge is -2.39. The molecule has 1 N–H and O–H groups in total. The van der Waals surface area contributed by atoms with Crippen LogP contribution < -0.4 is 15.1 Å². The molecule has 1 aromatic carbocycles. The number of nitrogens with zero attached hydrogens (tertiary/aromatic N) is 5. The lowest BCUT2D eigenvalue weighted by Crippen LogP contribution is -2.47. The summed E-state index contributed by atoms with van der Waals surface area (Å²) >= 11 is 0. The van der Waals surface area contributed by atoms with Crippen LogP contribution in [0.15, 0.2) is 55.0 Å². The van der Waals surface area contributed by atoms with Crippen molar-refractivity contribution in [3.63, 3.8) is 0 Å². The van der Waals surface area contributed by atoms with Crippen LogP contribution in [0, 0.1) is 13.8 Å². The van der Waals surface area contributed by atoms with Crippen molar-refractivity contribution in [2.24, 2.45) is 0 Å². The maximum absolute atomic E-state index is 12.7. The highest BCUT2D eigenvalue weighted by Crippen LogP contribution is 2.27. The van der Waals surface area contributed by atoms with Crippen molar-refractivity contribution in [1.82, 2.24) is 20.3 Å². The lowest BCUT2D eigenvalue weighted by molar-refractivity contribution is -0.117. The van der Waals surface area contributed by atoms with Gasteiger partial charge in [0.1, 0.15) is 17.8 Å². The molecule has 0 spiro atoms. The van der Waals surface area contributed by atoms with E-state index in [9.17, 15) is 9.59 Å². The van der Waals surface area contributed by atoms with Crippen molar-refractivity contribution in [2.75, 3.05) is 29.4 Å². The monoisotopic (exact) mass is 472 g/mol. The van der Waals surface area contributed by atoms with E-state index in [-0.39, 0.29) is 17.9 Å². The molecule has 1 aliphatic rings. The van der Waals surface area contributed by atoms with E-state index in [1.54, 1.807) is 19.2 Å². The summed E-state index contributed by atoms with van der Waals surface area (Å²) in [7, 11) is 0. The van der Waals surface area contributed by atoms with E-state index >= 15 is 0 Å². The number of aryl methyl sites for hydroxylation is 2. The molecule has 2 amide bonds. The molecular formula is C27H32N6O2. The molecule has 8 heteroatoms. The lowest BCUT2D eigenvalue weighted by atomic mass is 10.0. The quantitative estimate of drug-likeness (QED) is 0.566. The maximum Gasteiger partial charge on any atom is 0.270 e. The molecule has 4 rings (SSSR count). The van der Waals surface area contributed by atoms with Gasteiger partial charge in [-0.1, -0.05) is 29.8 Å². The summed E-state index contributed by atoms with van der Waals surface area (Å²) in [6.07, 6.45) is 5.55. The number of hydrogen-bond acceptors (Lipinski definition) is 6. The smallest absolute Gasteiger partial charge is 0.270 e. The van der Waals surface area contributed by atoms with Crippen molar-refractivity contribution >= 4 is 23.3 Å². The number of benzene rings is 1. The number of piperidine rings is 1. The molecule has 1 fully saturated rings. The van der Waals surface area contributed by atoms with Crippen LogP contribution in [0.3, 0.4) is 0 Å². The Morgan fingerprint density at radius 2 is 1.86 bits per heavy atom. The topological polar surface area (TPSA) is 91.3 Å². The number of nitrogens with one attached hydrogen (secondary N) is 1. The van der Waals surface area contributed by atoms with E-state index in [0.717, 1.165) is 49.6 Å². The van der Waals surface area contributed by atoms with E-state index in [0.29, 0.717) is 12.2 Å². The third-order valence-corrected chi connectivity index (χ3v) is 6.40. The molecule has 182 valence electrons. The first-order valence-electron chi connectivity index (χ1n) is 12.0. The van der Waals surface area contributed by atoms with E-state index in [4.69, 9.17) is 0 Å². The molecule has 0 atom stereocenters. The number of aromatic nitrogens is 3. The Kier molecular flexibility index (Phi) is 7.70. The molecule has 0 saturated carbocycles. The first kappa shape index (κ1) is 24.3. The minimum Gasteiger partial charge on any atom is -0.356 e. The molecule has 3 aromatic rings. The normalized spacial score (nSPS) is 14.0. The molecule has 1 aliphatic heterocycles. The summed E-state index contributed by atoms with van der Waals surface area (Å²) in [5, 5.41) is 2.96. The largest absolute Gasteiger partial charge is 0.356 e. The summed E-state index contributed by atoms with van der Waals surface area (Å²) < 4.78 is 0. The molecule has 35 heavy (non-hydrogen) atoms. The highest BCUT2D eigenvalue weighted by Gasteiger charge is 2.29. The number of carbonyl (C=O) groups excluding carboxylic acids is 2. The summed E-state index contributed by atoms with van der Waals surface area (Å²) in [6, 6.07) is 13.9. The van der Waals surface area contributed by atoms with Gasteiger partial charge >= 0.3 is 0 Å². The second-order valence-electron chi connectivity index (χ2n) is 8.97. The molecule has 0 aliphatic carbocycles. The van der Waals surface area contributed by atoms with Gasteiger partial charge in [-0.05, 0) is 50.8 Å². The number of carbonyl (C=O) groups is 2. The third kappa shape index (κ3) is 6.01. The van der Waals surface area contributed by atoms with E-state index in [2.05, 4.69) is 50.3 Å². The summed E-state index contributed by atoms with van der Waals surface area (Å²) in [5.74, 6) is 0.548. The first-order valence-corrected chi connectivity index (χ1v) is 12.0. The van der Waals surface area contributed by atoms with Gasteiger partial charge in [0.05, 0.1) is 11.4 Å². The van der Waals surface area contributed by atoms with Gasteiger partial charge in [0.2, 0.25) is 5.91 Å². The molecule has 3 heterocycles. The zero-order valence-corrected chi connectivity index (χ0v) is 20.6. The van der Waals surface area contributed by atoms with Crippen LogP contribution in [0.2, 0.25) is 0 Å². The predicted molar refractivity (Wildman–Crippen MR) is 137 cm³/mol.